The first-order valence-corrected chi connectivity index (χ1v) is 5.18. The van der Waals surface area contributed by atoms with Gasteiger partial charge in [-0.05, 0) is 34.1 Å². The van der Waals surface area contributed by atoms with Crippen LogP contribution in [0.2, 0.25) is 0 Å². The molecule has 0 saturated heterocycles. The average molecular weight is 291 g/mol. The van der Waals surface area contributed by atoms with Crippen LogP contribution >= 0.6 is 15.9 Å². The molecule has 0 amide bonds. The van der Waals surface area contributed by atoms with Gasteiger partial charge in [0.05, 0.1) is 16.3 Å². The molecule has 1 aromatic carbocycles. The summed E-state index contributed by atoms with van der Waals surface area (Å²) < 4.78 is 43.1. The van der Waals surface area contributed by atoms with Crippen LogP contribution in [-0.2, 0) is 6.18 Å². The Hall–Kier alpha value is -1.23. The number of hydrogen-bond donors (Lipinski definition) is 0. The van der Waals surface area contributed by atoms with Crippen molar-refractivity contribution < 1.29 is 17.6 Å². The minimum absolute atomic E-state index is 0.395. The van der Waals surface area contributed by atoms with Crippen LogP contribution in [0.25, 0.3) is 11.3 Å². The quantitative estimate of drug-likeness (QED) is 0.740. The van der Waals surface area contributed by atoms with E-state index in [2.05, 4.69) is 15.9 Å². The van der Waals surface area contributed by atoms with E-state index in [1.165, 1.54) is 12.3 Å². The Morgan fingerprint density at radius 3 is 2.44 bits per heavy atom. The zero-order valence-corrected chi connectivity index (χ0v) is 9.47. The Bertz CT molecular complexity index is 502. The zero-order valence-electron chi connectivity index (χ0n) is 7.88. The predicted octanol–water partition coefficient (Wildman–Crippen LogP) is 4.73. The van der Waals surface area contributed by atoms with Crippen LogP contribution in [0.15, 0.2) is 45.5 Å². The molecule has 1 heterocycles. The summed E-state index contributed by atoms with van der Waals surface area (Å²) in [6.07, 6.45) is -2.92. The Morgan fingerprint density at radius 1 is 1.12 bits per heavy atom. The topological polar surface area (TPSA) is 13.1 Å². The molecule has 2 rings (SSSR count). The first-order valence-electron chi connectivity index (χ1n) is 4.39. The molecule has 1 nitrogen and oxygen atoms in total. The summed E-state index contributed by atoms with van der Waals surface area (Å²) in [6, 6.07) is 6.64. The second kappa shape index (κ2) is 3.97. The van der Waals surface area contributed by atoms with Crippen molar-refractivity contribution >= 4 is 15.9 Å². The van der Waals surface area contributed by atoms with E-state index in [9.17, 15) is 13.2 Å². The molecule has 0 atom stereocenters. The third kappa shape index (κ3) is 2.14. The maximum atomic E-state index is 12.5. The maximum absolute atomic E-state index is 12.5. The molecule has 5 heteroatoms. The Labute approximate surface area is 98.0 Å². The Kier molecular flexibility index (Phi) is 2.80. The highest BCUT2D eigenvalue weighted by atomic mass is 79.9. The van der Waals surface area contributed by atoms with Crippen LogP contribution < -0.4 is 0 Å². The van der Waals surface area contributed by atoms with E-state index in [-0.39, 0.29) is 0 Å². The lowest BCUT2D eigenvalue weighted by atomic mass is 10.1. The van der Waals surface area contributed by atoms with Crippen molar-refractivity contribution in [2.24, 2.45) is 0 Å². The summed E-state index contributed by atoms with van der Waals surface area (Å²) in [7, 11) is 0. The monoisotopic (exact) mass is 290 g/mol. The summed E-state index contributed by atoms with van der Waals surface area (Å²) >= 11 is 3.20. The van der Waals surface area contributed by atoms with E-state index in [4.69, 9.17) is 4.42 Å². The third-order valence-corrected chi connectivity index (χ3v) is 2.69. The van der Waals surface area contributed by atoms with Crippen molar-refractivity contribution in [3.63, 3.8) is 0 Å². The SMILES string of the molecule is FC(F)(F)c1cccc(-c2occc2Br)c1. The number of rotatable bonds is 1. The zero-order chi connectivity index (χ0) is 11.8. The molecule has 0 spiro atoms. The van der Waals surface area contributed by atoms with Crippen molar-refractivity contribution in [3.05, 3.63) is 46.6 Å². The number of hydrogen-bond acceptors (Lipinski definition) is 1. The van der Waals surface area contributed by atoms with Gasteiger partial charge in [-0.1, -0.05) is 12.1 Å². The first-order chi connectivity index (χ1) is 7.48. The summed E-state index contributed by atoms with van der Waals surface area (Å²) in [5, 5.41) is 0. The Morgan fingerprint density at radius 2 is 1.88 bits per heavy atom. The van der Waals surface area contributed by atoms with Gasteiger partial charge >= 0.3 is 6.18 Å². The lowest BCUT2D eigenvalue weighted by molar-refractivity contribution is -0.137. The van der Waals surface area contributed by atoms with Gasteiger partial charge < -0.3 is 4.42 Å². The first kappa shape index (κ1) is 11.3. The highest BCUT2D eigenvalue weighted by Gasteiger charge is 2.30. The van der Waals surface area contributed by atoms with Crippen LogP contribution in [0, 0.1) is 0 Å². The molecule has 0 saturated carbocycles. The lowest BCUT2D eigenvalue weighted by Gasteiger charge is -2.07. The van der Waals surface area contributed by atoms with E-state index in [1.807, 2.05) is 0 Å². The fourth-order valence-electron chi connectivity index (χ4n) is 1.34. The van der Waals surface area contributed by atoms with Crippen LogP contribution in [0.1, 0.15) is 5.56 Å². The number of benzene rings is 1. The molecule has 0 N–H and O–H groups in total. The van der Waals surface area contributed by atoms with Gasteiger partial charge in [0.15, 0.2) is 0 Å². The molecular weight excluding hydrogens is 285 g/mol. The van der Waals surface area contributed by atoms with E-state index >= 15 is 0 Å². The second-order valence-corrected chi connectivity index (χ2v) is 4.03. The standard InChI is InChI=1S/C11H6BrF3O/c12-9-4-5-16-10(9)7-2-1-3-8(6-7)11(13,14)15/h1-6H. The summed E-state index contributed by atoms with van der Waals surface area (Å²) in [5.41, 5.74) is -0.292. The molecule has 0 aliphatic carbocycles. The van der Waals surface area contributed by atoms with Gasteiger partial charge in [0.25, 0.3) is 0 Å². The number of furan rings is 1. The number of alkyl halides is 3. The highest BCUT2D eigenvalue weighted by molar-refractivity contribution is 9.10. The fourth-order valence-corrected chi connectivity index (χ4v) is 1.77. The van der Waals surface area contributed by atoms with Crippen LogP contribution in [0.5, 0.6) is 0 Å². The van der Waals surface area contributed by atoms with Crippen molar-refractivity contribution in [2.45, 2.75) is 6.18 Å². The fraction of sp³-hybridized carbons (Fsp3) is 0.0909. The molecule has 0 unspecified atom stereocenters. The lowest BCUT2D eigenvalue weighted by Crippen LogP contribution is -2.04. The number of halogens is 4. The van der Waals surface area contributed by atoms with Gasteiger partial charge in [-0.25, -0.2) is 0 Å². The molecular formula is C11H6BrF3O. The average Bonchev–Trinajstić information content (AvgIpc) is 2.63. The molecule has 0 fully saturated rings. The molecule has 16 heavy (non-hydrogen) atoms. The summed E-state index contributed by atoms with van der Waals surface area (Å²) in [5.74, 6) is 0.395. The van der Waals surface area contributed by atoms with Gasteiger partial charge in [-0.3, -0.25) is 0 Å². The molecule has 84 valence electrons. The maximum Gasteiger partial charge on any atom is 0.416 e. The van der Waals surface area contributed by atoms with Gasteiger partial charge in [0.2, 0.25) is 0 Å². The van der Waals surface area contributed by atoms with Crippen LogP contribution in [0.4, 0.5) is 13.2 Å². The van der Waals surface area contributed by atoms with E-state index < -0.39 is 11.7 Å². The van der Waals surface area contributed by atoms with Gasteiger partial charge in [0.1, 0.15) is 5.76 Å². The minimum Gasteiger partial charge on any atom is -0.463 e. The van der Waals surface area contributed by atoms with E-state index in [0.29, 0.717) is 15.8 Å². The predicted molar refractivity (Wildman–Crippen MR) is 56.8 cm³/mol. The molecule has 2 aromatic rings. The van der Waals surface area contributed by atoms with Gasteiger partial charge in [0, 0.05) is 5.56 Å². The third-order valence-electron chi connectivity index (χ3n) is 2.07. The molecule has 0 radical (unpaired) electrons. The van der Waals surface area contributed by atoms with Gasteiger partial charge in [-0.15, -0.1) is 0 Å². The minimum atomic E-state index is -4.34. The Balaban J connectivity index is 2.49. The van der Waals surface area contributed by atoms with Crippen molar-refractivity contribution in [2.75, 3.05) is 0 Å². The largest absolute Gasteiger partial charge is 0.463 e. The summed E-state index contributed by atoms with van der Waals surface area (Å²) in [4.78, 5) is 0. The van der Waals surface area contributed by atoms with Crippen LogP contribution in [-0.4, -0.2) is 0 Å². The van der Waals surface area contributed by atoms with E-state index in [1.54, 1.807) is 12.1 Å². The smallest absolute Gasteiger partial charge is 0.416 e. The molecule has 0 aliphatic rings. The molecule has 0 bridgehead atoms. The van der Waals surface area contributed by atoms with Crippen molar-refractivity contribution in [1.29, 1.82) is 0 Å². The van der Waals surface area contributed by atoms with E-state index in [0.717, 1.165) is 12.1 Å². The molecule has 0 aliphatic heterocycles. The normalized spacial score (nSPS) is 11.8. The highest BCUT2D eigenvalue weighted by Crippen LogP contribution is 2.34. The van der Waals surface area contributed by atoms with Crippen molar-refractivity contribution in [1.82, 2.24) is 0 Å². The van der Waals surface area contributed by atoms with Crippen molar-refractivity contribution in [3.8, 4) is 11.3 Å². The van der Waals surface area contributed by atoms with Crippen LogP contribution in [0.3, 0.4) is 0 Å². The second-order valence-electron chi connectivity index (χ2n) is 3.18. The van der Waals surface area contributed by atoms with Gasteiger partial charge in [-0.2, -0.15) is 13.2 Å². The summed E-state index contributed by atoms with van der Waals surface area (Å²) in [6.45, 7) is 0. The molecule has 1 aromatic heterocycles.